The van der Waals surface area contributed by atoms with E-state index in [0.29, 0.717) is 10.1 Å². The summed E-state index contributed by atoms with van der Waals surface area (Å²) >= 11 is 1.04. The molecule has 0 saturated carbocycles. The number of carboxylic acid groups (broad SMARTS) is 1. The third-order valence-electron chi connectivity index (χ3n) is 2.10. The minimum absolute atomic E-state index is 0.0735. The van der Waals surface area contributed by atoms with Crippen LogP contribution in [0.2, 0.25) is 0 Å². The van der Waals surface area contributed by atoms with Gasteiger partial charge in [-0.3, -0.25) is 0 Å². The molecule has 0 unspecified atom stereocenters. The zero-order valence-electron chi connectivity index (χ0n) is 7.41. The van der Waals surface area contributed by atoms with Crippen LogP contribution in [0, 0.1) is 0 Å². The minimum Gasteiger partial charge on any atom is -0.478 e. The number of hydrogen-bond acceptors (Lipinski definition) is 2. The molecule has 0 atom stereocenters. The molecule has 1 heterocycles. The quantitative estimate of drug-likeness (QED) is 0.853. The molecule has 0 aliphatic rings. The highest BCUT2D eigenvalue weighted by Crippen LogP contribution is 2.34. The summed E-state index contributed by atoms with van der Waals surface area (Å²) in [6.45, 7) is 0. The fraction of sp³-hybridized carbons (Fsp3) is 0.100. The highest BCUT2D eigenvalue weighted by atomic mass is 32.1. The molecule has 0 amide bonds. The second-order valence-corrected chi connectivity index (χ2v) is 3.86. The summed E-state index contributed by atoms with van der Waals surface area (Å²) in [6.07, 6.45) is -2.57. The number of halogens is 2. The van der Waals surface area contributed by atoms with Crippen LogP contribution in [-0.2, 0) is 0 Å². The van der Waals surface area contributed by atoms with Crippen molar-refractivity contribution in [2.75, 3.05) is 0 Å². The Hall–Kier alpha value is -1.49. The summed E-state index contributed by atoms with van der Waals surface area (Å²) in [5.41, 5.74) is -0.0255. The Bertz CT molecular complexity index is 519. The molecule has 1 N–H and O–H groups in total. The maximum absolute atomic E-state index is 12.5. The smallest absolute Gasteiger partial charge is 0.337 e. The van der Waals surface area contributed by atoms with E-state index in [2.05, 4.69) is 0 Å². The lowest BCUT2D eigenvalue weighted by atomic mass is 10.1. The number of carboxylic acids is 1. The Morgan fingerprint density at radius 1 is 1.40 bits per heavy atom. The van der Waals surface area contributed by atoms with Crippen LogP contribution in [-0.4, -0.2) is 11.1 Å². The Labute approximate surface area is 87.8 Å². The van der Waals surface area contributed by atoms with Crippen molar-refractivity contribution in [1.29, 1.82) is 0 Å². The van der Waals surface area contributed by atoms with E-state index in [1.54, 1.807) is 0 Å². The summed E-state index contributed by atoms with van der Waals surface area (Å²) in [6, 6.07) is 4.40. The van der Waals surface area contributed by atoms with Crippen molar-refractivity contribution in [2.45, 2.75) is 6.43 Å². The topological polar surface area (TPSA) is 37.3 Å². The molecule has 2 nitrogen and oxygen atoms in total. The van der Waals surface area contributed by atoms with Crippen LogP contribution in [0.3, 0.4) is 0 Å². The van der Waals surface area contributed by atoms with Gasteiger partial charge in [0.1, 0.15) is 0 Å². The molecule has 0 radical (unpaired) electrons. The average Bonchev–Trinajstić information content (AvgIpc) is 2.59. The fourth-order valence-corrected chi connectivity index (χ4v) is 2.48. The summed E-state index contributed by atoms with van der Waals surface area (Å²) in [7, 11) is 0. The normalized spacial score (nSPS) is 11.1. The molecular weight excluding hydrogens is 222 g/mol. The van der Waals surface area contributed by atoms with Gasteiger partial charge in [-0.05, 0) is 6.07 Å². The Morgan fingerprint density at radius 3 is 2.73 bits per heavy atom. The zero-order valence-corrected chi connectivity index (χ0v) is 8.22. The lowest BCUT2D eigenvalue weighted by molar-refractivity contribution is 0.0699. The lowest BCUT2D eigenvalue weighted by Gasteiger charge is -1.98. The maximum Gasteiger partial charge on any atom is 0.337 e. The predicted molar refractivity (Wildman–Crippen MR) is 53.7 cm³/mol. The van der Waals surface area contributed by atoms with Gasteiger partial charge in [-0.15, -0.1) is 11.3 Å². The van der Waals surface area contributed by atoms with Crippen molar-refractivity contribution in [3.63, 3.8) is 0 Å². The van der Waals surface area contributed by atoms with Crippen LogP contribution in [0.5, 0.6) is 0 Å². The summed E-state index contributed by atoms with van der Waals surface area (Å²) in [5, 5.41) is 10.5. The van der Waals surface area contributed by atoms with Crippen LogP contribution in [0.4, 0.5) is 8.78 Å². The van der Waals surface area contributed by atoms with Crippen LogP contribution >= 0.6 is 11.3 Å². The van der Waals surface area contributed by atoms with Gasteiger partial charge in [-0.2, -0.15) is 0 Å². The Morgan fingerprint density at radius 2 is 2.13 bits per heavy atom. The highest BCUT2D eigenvalue weighted by Gasteiger charge is 2.17. The third-order valence-corrected chi connectivity index (χ3v) is 3.14. The number of hydrogen-bond donors (Lipinski definition) is 1. The molecule has 1 aromatic heterocycles. The molecule has 15 heavy (non-hydrogen) atoms. The SMILES string of the molecule is O=C(O)c1cccc2c(C(F)F)csc12. The zero-order chi connectivity index (χ0) is 11.0. The van der Waals surface area contributed by atoms with E-state index in [4.69, 9.17) is 5.11 Å². The number of carbonyl (C=O) groups is 1. The number of thiophene rings is 1. The van der Waals surface area contributed by atoms with Gasteiger partial charge in [0.25, 0.3) is 6.43 Å². The fourth-order valence-electron chi connectivity index (χ4n) is 1.41. The van der Waals surface area contributed by atoms with E-state index in [1.807, 2.05) is 0 Å². The van der Waals surface area contributed by atoms with Crippen molar-refractivity contribution in [3.05, 3.63) is 34.7 Å². The standard InChI is InChI=1S/C10H6F2O2S/c11-9(12)7-4-15-8-5(7)2-1-3-6(8)10(13)14/h1-4,9H,(H,13,14). The van der Waals surface area contributed by atoms with E-state index in [1.165, 1.54) is 23.6 Å². The van der Waals surface area contributed by atoms with Gasteiger partial charge in [0.15, 0.2) is 0 Å². The maximum atomic E-state index is 12.5. The highest BCUT2D eigenvalue weighted by molar-refractivity contribution is 7.17. The number of aromatic carboxylic acids is 1. The van der Waals surface area contributed by atoms with Gasteiger partial charge >= 0.3 is 5.97 Å². The molecule has 0 aliphatic heterocycles. The molecule has 0 bridgehead atoms. The van der Waals surface area contributed by atoms with Crippen LogP contribution in [0.25, 0.3) is 10.1 Å². The average molecular weight is 228 g/mol. The lowest BCUT2D eigenvalue weighted by Crippen LogP contribution is -1.95. The van der Waals surface area contributed by atoms with Gasteiger partial charge in [0.05, 0.1) is 5.56 Å². The number of rotatable bonds is 2. The first kappa shape index (κ1) is 10.0. The minimum atomic E-state index is -2.57. The van der Waals surface area contributed by atoms with Gasteiger partial charge in [0.2, 0.25) is 0 Å². The molecule has 5 heteroatoms. The van der Waals surface area contributed by atoms with Gasteiger partial charge < -0.3 is 5.11 Å². The van der Waals surface area contributed by atoms with E-state index >= 15 is 0 Å². The van der Waals surface area contributed by atoms with Crippen molar-refractivity contribution in [3.8, 4) is 0 Å². The van der Waals surface area contributed by atoms with Crippen LogP contribution < -0.4 is 0 Å². The van der Waals surface area contributed by atoms with Crippen LogP contribution in [0.1, 0.15) is 22.3 Å². The molecular formula is C10H6F2O2S. The Balaban J connectivity index is 2.74. The molecule has 0 spiro atoms. The van der Waals surface area contributed by atoms with Gasteiger partial charge in [-0.25, -0.2) is 13.6 Å². The first-order valence-corrected chi connectivity index (χ1v) is 5.01. The van der Waals surface area contributed by atoms with E-state index in [-0.39, 0.29) is 11.1 Å². The van der Waals surface area contributed by atoms with Crippen molar-refractivity contribution < 1.29 is 18.7 Å². The number of fused-ring (bicyclic) bond motifs is 1. The first-order valence-electron chi connectivity index (χ1n) is 4.13. The molecule has 0 fully saturated rings. The van der Waals surface area contributed by atoms with Gasteiger partial charge in [-0.1, -0.05) is 12.1 Å². The third kappa shape index (κ3) is 1.59. The predicted octanol–water partition coefficient (Wildman–Crippen LogP) is 3.54. The molecule has 2 aromatic rings. The van der Waals surface area contributed by atoms with E-state index in [0.717, 1.165) is 11.3 Å². The molecule has 0 aliphatic carbocycles. The molecule has 78 valence electrons. The van der Waals surface area contributed by atoms with Crippen LogP contribution in [0.15, 0.2) is 23.6 Å². The van der Waals surface area contributed by atoms with E-state index in [9.17, 15) is 13.6 Å². The summed E-state index contributed by atoms with van der Waals surface area (Å²) in [5.74, 6) is -1.09. The molecule has 2 rings (SSSR count). The number of benzene rings is 1. The second kappa shape index (κ2) is 3.58. The summed E-state index contributed by atoms with van der Waals surface area (Å²) in [4.78, 5) is 10.8. The van der Waals surface area contributed by atoms with Crippen molar-refractivity contribution in [2.24, 2.45) is 0 Å². The largest absolute Gasteiger partial charge is 0.478 e. The Kier molecular flexibility index (Phi) is 2.40. The van der Waals surface area contributed by atoms with Gasteiger partial charge in [0, 0.05) is 21.0 Å². The van der Waals surface area contributed by atoms with Crippen molar-refractivity contribution >= 4 is 27.4 Å². The molecule has 0 saturated heterocycles. The second-order valence-electron chi connectivity index (χ2n) is 2.98. The van der Waals surface area contributed by atoms with E-state index < -0.39 is 12.4 Å². The summed E-state index contributed by atoms with van der Waals surface area (Å²) < 4.78 is 25.4. The van der Waals surface area contributed by atoms with Crippen molar-refractivity contribution in [1.82, 2.24) is 0 Å². The number of alkyl halides is 2. The molecule has 1 aromatic carbocycles. The first-order chi connectivity index (χ1) is 7.11. The monoisotopic (exact) mass is 228 g/mol.